The van der Waals surface area contributed by atoms with Crippen LogP contribution in [0.4, 0.5) is 4.79 Å². The zero-order valence-electron chi connectivity index (χ0n) is 31.4. The van der Waals surface area contributed by atoms with E-state index in [4.69, 9.17) is 0 Å². The van der Waals surface area contributed by atoms with Crippen LogP contribution in [-0.2, 0) is 19.1 Å². The van der Waals surface area contributed by atoms with Crippen molar-refractivity contribution in [2.45, 2.75) is 20.8 Å². The number of amides is 5. The summed E-state index contributed by atoms with van der Waals surface area (Å²) >= 11 is 0. The molecule has 0 aliphatic heterocycles. The lowest BCUT2D eigenvalue weighted by Gasteiger charge is -1.91. The largest absolute Gasteiger partial charge is 0.487 e. The van der Waals surface area contributed by atoms with Crippen molar-refractivity contribution in [2.75, 3.05) is 49.4 Å². The monoisotopic (exact) mass is 692 g/mol. The fourth-order valence-electron chi connectivity index (χ4n) is 1.77. The van der Waals surface area contributed by atoms with Gasteiger partial charge in [-0.15, -0.1) is 0 Å². The van der Waals surface area contributed by atoms with Gasteiger partial charge in [0.15, 0.2) is 6.40 Å². The summed E-state index contributed by atoms with van der Waals surface area (Å²) in [6, 6.07) is 47.8. The van der Waals surface area contributed by atoms with Gasteiger partial charge in [-0.1, -0.05) is 146 Å². The summed E-state index contributed by atoms with van der Waals surface area (Å²) < 4.78 is 4.40. The molecule has 4 aromatic rings. The summed E-state index contributed by atoms with van der Waals surface area (Å²) in [6.07, 6.45) is 1.38. The number of nitrogens with zero attached hydrogens (tertiary/aromatic N) is 1. The first-order chi connectivity index (χ1) is 24.0. The summed E-state index contributed by atoms with van der Waals surface area (Å²) in [6.45, 7) is 4.42. The van der Waals surface area contributed by atoms with Crippen molar-refractivity contribution in [1.29, 1.82) is 0 Å². The van der Waals surface area contributed by atoms with Crippen LogP contribution in [0.15, 0.2) is 151 Å². The van der Waals surface area contributed by atoms with Crippen LogP contribution < -0.4 is 26.6 Å². The van der Waals surface area contributed by atoms with E-state index in [2.05, 4.69) is 36.3 Å². The number of aliphatic imine (C=N–C) groups is 1. The third-order valence-corrected chi connectivity index (χ3v) is 4.39. The van der Waals surface area contributed by atoms with Crippen molar-refractivity contribution in [3.63, 3.8) is 0 Å². The topological polar surface area (TPSA) is 150 Å². The Morgan fingerprint density at radius 2 is 0.540 bits per heavy atom. The molecule has 5 amide bonds. The van der Waals surface area contributed by atoms with Gasteiger partial charge in [0.05, 0.1) is 7.11 Å². The fourth-order valence-corrected chi connectivity index (χ4v) is 1.77. The smallest absolute Gasteiger partial charge is 0.314 e. The Balaban J connectivity index is -0.000000152. The minimum atomic E-state index is -0.157. The maximum atomic E-state index is 9.96. The number of methoxy groups -OCH3 is 1. The van der Waals surface area contributed by atoms with E-state index < -0.39 is 0 Å². The molecular formula is C39H60N6O5. The molecule has 0 aliphatic rings. The van der Waals surface area contributed by atoms with Gasteiger partial charge in [0.2, 0.25) is 17.7 Å². The van der Waals surface area contributed by atoms with E-state index in [1.165, 1.54) is 27.2 Å². The first-order valence-electron chi connectivity index (χ1n) is 15.4. The van der Waals surface area contributed by atoms with Crippen molar-refractivity contribution in [3.8, 4) is 0 Å². The molecule has 0 heterocycles. The molecule has 4 rings (SSSR count). The highest BCUT2D eigenvalue weighted by atomic mass is 16.5. The molecule has 0 spiro atoms. The lowest BCUT2D eigenvalue weighted by Crippen LogP contribution is -2.28. The molecule has 50 heavy (non-hydrogen) atoms. The fraction of sp³-hybridized carbons (Fsp3) is 0.256. The molecule has 0 radical (unpaired) electrons. The van der Waals surface area contributed by atoms with Gasteiger partial charge in [-0.3, -0.25) is 19.4 Å². The van der Waals surface area contributed by atoms with Gasteiger partial charge in [-0.05, 0) is 0 Å². The molecule has 5 N–H and O–H groups in total. The van der Waals surface area contributed by atoms with Crippen LogP contribution in [0.25, 0.3) is 0 Å². The highest BCUT2D eigenvalue weighted by Gasteiger charge is 1.81. The van der Waals surface area contributed by atoms with E-state index in [-0.39, 0.29) is 23.8 Å². The van der Waals surface area contributed by atoms with Crippen LogP contribution in [0.3, 0.4) is 0 Å². The first kappa shape index (κ1) is 53.5. The van der Waals surface area contributed by atoms with Crippen LogP contribution in [0, 0.1) is 0 Å². The lowest BCUT2D eigenvalue weighted by atomic mass is 10.4. The number of hydrogen-bond donors (Lipinski definition) is 5. The Labute approximate surface area is 301 Å². The summed E-state index contributed by atoms with van der Waals surface area (Å²) in [5.41, 5.74) is 0. The molecule has 0 bridgehead atoms. The summed E-state index contributed by atoms with van der Waals surface area (Å²) in [7, 11) is 11.2. The molecule has 11 heteroatoms. The first-order valence-corrected chi connectivity index (χ1v) is 15.4. The summed E-state index contributed by atoms with van der Waals surface area (Å²) in [5, 5.41) is 11.9. The molecule has 0 saturated carbocycles. The third-order valence-electron chi connectivity index (χ3n) is 4.39. The average Bonchev–Trinajstić information content (AvgIpc) is 3.19. The quantitative estimate of drug-likeness (QED) is 0.126. The van der Waals surface area contributed by atoms with Crippen LogP contribution in [0.2, 0.25) is 0 Å². The van der Waals surface area contributed by atoms with E-state index in [1.54, 1.807) is 49.4 Å². The second-order valence-corrected chi connectivity index (χ2v) is 8.47. The zero-order chi connectivity index (χ0) is 38.9. The molecule has 0 unspecified atom stereocenters. The van der Waals surface area contributed by atoms with Crippen molar-refractivity contribution < 1.29 is 23.9 Å². The Bertz CT molecular complexity index is 947. The minimum absolute atomic E-state index is 0.00463. The molecular weight excluding hydrogens is 632 g/mol. The van der Waals surface area contributed by atoms with Gasteiger partial charge in [0, 0.05) is 63.1 Å². The molecule has 0 fully saturated rings. The Kier molecular flexibility index (Phi) is 56.3. The number of urea groups is 1. The average molecular weight is 693 g/mol. The predicted octanol–water partition coefficient (Wildman–Crippen LogP) is 5.84. The van der Waals surface area contributed by atoms with Crippen molar-refractivity contribution in [3.05, 3.63) is 146 Å². The normalized spacial score (nSPS) is 7.64. The van der Waals surface area contributed by atoms with Gasteiger partial charge in [0.1, 0.15) is 0 Å². The van der Waals surface area contributed by atoms with E-state index >= 15 is 0 Å². The van der Waals surface area contributed by atoms with Crippen LogP contribution in [-0.4, -0.2) is 79.5 Å². The van der Waals surface area contributed by atoms with Crippen LogP contribution in [0.5, 0.6) is 0 Å². The number of carbonyl (C=O) groups excluding carboxylic acids is 4. The maximum Gasteiger partial charge on any atom is 0.314 e. The van der Waals surface area contributed by atoms with Crippen molar-refractivity contribution >= 4 is 30.2 Å². The van der Waals surface area contributed by atoms with E-state index in [0.717, 1.165) is 0 Å². The lowest BCUT2D eigenvalue weighted by molar-refractivity contribution is -0.119. The van der Waals surface area contributed by atoms with E-state index in [0.29, 0.717) is 0 Å². The summed E-state index contributed by atoms with van der Waals surface area (Å²) in [4.78, 5) is 42.6. The standard InChI is InChI=1S/4C6H6.C3H8N2O.4C3H7NO/c4*1-2-4-6-5-3-1;1-4-3(6)5-2;1-4-3-5-2;3*1-3(5)4-2/h4*1-6H;1-2H3,(H2,4,5,6);3H,1-2H3;3*1-2H3,(H,4,5). The molecule has 0 aromatic heterocycles. The second kappa shape index (κ2) is 52.6. The number of benzene rings is 4. The Hall–Kier alpha value is -5.97. The molecule has 0 atom stereocenters. The van der Waals surface area contributed by atoms with Gasteiger partial charge in [-0.25, -0.2) is 4.79 Å². The Morgan fingerprint density at radius 1 is 0.400 bits per heavy atom. The van der Waals surface area contributed by atoms with E-state index in [9.17, 15) is 19.2 Å². The number of ether oxygens (including phenoxy) is 1. The van der Waals surface area contributed by atoms with Gasteiger partial charge in [0.25, 0.3) is 0 Å². The van der Waals surface area contributed by atoms with E-state index in [1.807, 2.05) is 146 Å². The van der Waals surface area contributed by atoms with Gasteiger partial charge in [-0.2, -0.15) is 0 Å². The van der Waals surface area contributed by atoms with Crippen molar-refractivity contribution in [1.82, 2.24) is 26.6 Å². The SMILES string of the molecule is CN=COC.CNC(=O)NC.CNC(C)=O.CNC(C)=O.CNC(C)=O.c1ccccc1.c1ccccc1.c1ccccc1.c1ccccc1. The molecule has 4 aromatic carbocycles. The minimum Gasteiger partial charge on any atom is -0.487 e. The molecule has 0 aliphatic carbocycles. The molecule has 276 valence electrons. The third kappa shape index (κ3) is 78.5. The highest BCUT2D eigenvalue weighted by molar-refractivity contribution is 5.73. The van der Waals surface area contributed by atoms with Crippen molar-refractivity contribution in [2.24, 2.45) is 4.99 Å². The van der Waals surface area contributed by atoms with Gasteiger partial charge >= 0.3 is 6.03 Å². The predicted molar refractivity (Wildman–Crippen MR) is 210 cm³/mol. The zero-order valence-corrected chi connectivity index (χ0v) is 31.4. The van der Waals surface area contributed by atoms with Gasteiger partial charge < -0.3 is 31.3 Å². The number of nitrogens with one attached hydrogen (secondary N) is 5. The number of rotatable bonds is 1. The molecule has 11 nitrogen and oxygen atoms in total. The number of hydrogen-bond acceptors (Lipinski definition) is 6. The Morgan fingerprint density at radius 3 is 0.560 bits per heavy atom. The van der Waals surface area contributed by atoms with Crippen LogP contribution >= 0.6 is 0 Å². The second-order valence-electron chi connectivity index (χ2n) is 8.47. The van der Waals surface area contributed by atoms with Crippen LogP contribution in [0.1, 0.15) is 20.8 Å². The highest BCUT2D eigenvalue weighted by Crippen LogP contribution is 1.81. The maximum absolute atomic E-state index is 9.96. The summed E-state index contributed by atoms with van der Waals surface area (Å²) in [5.74, 6) is 0.0139. The molecule has 0 saturated heterocycles. The number of carbonyl (C=O) groups is 4.